The number of carboxylic acid groups (broad SMARTS) is 1. The van der Waals surface area contributed by atoms with Crippen molar-refractivity contribution in [2.24, 2.45) is 11.7 Å². The van der Waals surface area contributed by atoms with E-state index in [1.165, 1.54) is 4.90 Å². The zero-order valence-corrected chi connectivity index (χ0v) is 12.5. The van der Waals surface area contributed by atoms with Crippen molar-refractivity contribution in [3.05, 3.63) is 21.9 Å². The molecule has 5 nitrogen and oxygen atoms in total. The molecule has 0 saturated heterocycles. The molecule has 2 heterocycles. The number of nitrogens with zero attached hydrogens (tertiary/aromatic N) is 1. The number of aliphatic carboxylic acids is 1. The molecule has 1 aliphatic rings. The van der Waals surface area contributed by atoms with E-state index in [1.54, 1.807) is 17.4 Å². The fourth-order valence-electron chi connectivity index (χ4n) is 2.64. The molecule has 1 amide bonds. The second-order valence-corrected chi connectivity index (χ2v) is 6.56. The molecular formula is C14H20N2O3S. The van der Waals surface area contributed by atoms with Crippen molar-refractivity contribution in [3.8, 4) is 0 Å². The van der Waals surface area contributed by atoms with Gasteiger partial charge in [0.05, 0.1) is 6.04 Å². The number of fused-ring (bicyclic) bond motifs is 1. The van der Waals surface area contributed by atoms with Gasteiger partial charge in [-0.15, -0.1) is 11.3 Å². The zero-order valence-electron chi connectivity index (χ0n) is 11.7. The Bertz CT molecular complexity index is 512. The van der Waals surface area contributed by atoms with Crippen molar-refractivity contribution in [3.63, 3.8) is 0 Å². The van der Waals surface area contributed by atoms with Gasteiger partial charge in [0, 0.05) is 11.4 Å². The molecule has 110 valence electrons. The van der Waals surface area contributed by atoms with Crippen molar-refractivity contribution < 1.29 is 14.7 Å². The van der Waals surface area contributed by atoms with Crippen LogP contribution in [0.2, 0.25) is 0 Å². The van der Waals surface area contributed by atoms with Crippen LogP contribution in [0.5, 0.6) is 0 Å². The first-order valence-corrected chi connectivity index (χ1v) is 7.65. The lowest BCUT2D eigenvalue weighted by Gasteiger charge is -2.35. The lowest BCUT2D eigenvalue weighted by Crippen LogP contribution is -2.50. The highest BCUT2D eigenvalue weighted by molar-refractivity contribution is 7.10. The van der Waals surface area contributed by atoms with Gasteiger partial charge in [-0.3, -0.25) is 4.79 Å². The van der Waals surface area contributed by atoms with Gasteiger partial charge < -0.3 is 15.7 Å². The largest absolute Gasteiger partial charge is 0.479 e. The number of amides is 1. The number of nitrogens with two attached hydrogens (primary N) is 1. The third-order valence-electron chi connectivity index (χ3n) is 3.53. The van der Waals surface area contributed by atoms with Crippen LogP contribution in [0.25, 0.3) is 0 Å². The maximum Gasteiger partial charge on any atom is 0.331 e. The van der Waals surface area contributed by atoms with Crippen LogP contribution in [0.1, 0.15) is 36.8 Å². The predicted octanol–water partition coefficient (Wildman–Crippen LogP) is 1.63. The van der Waals surface area contributed by atoms with E-state index >= 15 is 0 Å². The van der Waals surface area contributed by atoms with Crippen LogP contribution in [0.15, 0.2) is 11.4 Å². The minimum absolute atomic E-state index is 0.261. The third-order valence-corrected chi connectivity index (χ3v) is 4.52. The Morgan fingerprint density at radius 3 is 2.85 bits per heavy atom. The van der Waals surface area contributed by atoms with Crippen LogP contribution in [-0.2, 0) is 16.0 Å². The van der Waals surface area contributed by atoms with Crippen LogP contribution in [0, 0.1) is 5.92 Å². The minimum atomic E-state index is -0.991. The maximum atomic E-state index is 12.4. The highest BCUT2D eigenvalue weighted by Gasteiger charge is 2.38. The molecule has 0 bridgehead atoms. The first-order valence-electron chi connectivity index (χ1n) is 6.77. The van der Waals surface area contributed by atoms with E-state index in [0.29, 0.717) is 25.3 Å². The Hall–Kier alpha value is -1.40. The Labute approximate surface area is 122 Å². The Balaban J connectivity index is 2.23. The average molecular weight is 296 g/mol. The molecular weight excluding hydrogens is 276 g/mol. The summed E-state index contributed by atoms with van der Waals surface area (Å²) in [5.41, 5.74) is 6.66. The molecule has 2 rings (SSSR count). The molecule has 1 aromatic rings. The van der Waals surface area contributed by atoms with E-state index in [-0.39, 0.29) is 5.91 Å². The Kier molecular flexibility index (Phi) is 4.45. The van der Waals surface area contributed by atoms with Crippen molar-refractivity contribution in [1.82, 2.24) is 4.90 Å². The lowest BCUT2D eigenvalue weighted by atomic mass is 9.97. The minimum Gasteiger partial charge on any atom is -0.479 e. The fourth-order valence-corrected chi connectivity index (χ4v) is 3.55. The van der Waals surface area contributed by atoms with Gasteiger partial charge in [-0.2, -0.15) is 0 Å². The van der Waals surface area contributed by atoms with E-state index in [1.807, 2.05) is 19.2 Å². The van der Waals surface area contributed by atoms with Crippen LogP contribution in [0.3, 0.4) is 0 Å². The SMILES string of the molecule is CC(C)C[C@H](N)C(=O)N1CCc2sccc2C1C(=O)O. The topological polar surface area (TPSA) is 83.6 Å². The molecule has 0 radical (unpaired) electrons. The molecule has 0 aliphatic carbocycles. The summed E-state index contributed by atoms with van der Waals surface area (Å²) in [7, 11) is 0. The summed E-state index contributed by atoms with van der Waals surface area (Å²) in [4.78, 5) is 26.4. The van der Waals surface area contributed by atoms with Crippen LogP contribution >= 0.6 is 11.3 Å². The van der Waals surface area contributed by atoms with Crippen molar-refractivity contribution in [2.45, 2.75) is 38.8 Å². The summed E-state index contributed by atoms with van der Waals surface area (Å²) in [5, 5.41) is 11.3. The number of thiophene rings is 1. The Morgan fingerprint density at radius 2 is 2.25 bits per heavy atom. The summed E-state index contributed by atoms with van der Waals surface area (Å²) in [6, 6.07) is 0.277. The molecule has 1 aromatic heterocycles. The highest BCUT2D eigenvalue weighted by atomic mass is 32.1. The lowest BCUT2D eigenvalue weighted by molar-refractivity contribution is -0.151. The quantitative estimate of drug-likeness (QED) is 0.884. The zero-order chi connectivity index (χ0) is 14.9. The molecule has 3 N–H and O–H groups in total. The number of carbonyl (C=O) groups is 2. The summed E-state index contributed by atoms with van der Waals surface area (Å²) < 4.78 is 0. The van der Waals surface area contributed by atoms with Gasteiger partial charge in [-0.25, -0.2) is 4.79 Å². The van der Waals surface area contributed by atoms with Gasteiger partial charge in [0.2, 0.25) is 5.91 Å². The molecule has 1 unspecified atom stereocenters. The molecule has 0 saturated carbocycles. The summed E-state index contributed by atoms with van der Waals surface area (Å²) in [6.45, 7) is 4.42. The fraction of sp³-hybridized carbons (Fsp3) is 0.571. The van der Waals surface area contributed by atoms with E-state index in [9.17, 15) is 14.7 Å². The predicted molar refractivity (Wildman–Crippen MR) is 77.5 cm³/mol. The van der Waals surface area contributed by atoms with E-state index in [2.05, 4.69) is 0 Å². The molecule has 0 fully saturated rings. The smallest absolute Gasteiger partial charge is 0.331 e. The van der Waals surface area contributed by atoms with Crippen molar-refractivity contribution in [2.75, 3.05) is 6.54 Å². The maximum absolute atomic E-state index is 12.4. The molecule has 0 aromatic carbocycles. The first-order chi connectivity index (χ1) is 9.41. The first kappa shape index (κ1) is 15.0. The number of carbonyl (C=O) groups excluding carboxylic acids is 1. The van der Waals surface area contributed by atoms with E-state index in [4.69, 9.17) is 5.73 Å². The van der Waals surface area contributed by atoms with Gasteiger partial charge in [-0.05, 0) is 35.8 Å². The average Bonchev–Trinajstić information content (AvgIpc) is 2.83. The molecule has 6 heteroatoms. The van der Waals surface area contributed by atoms with Crippen molar-refractivity contribution >= 4 is 23.2 Å². The van der Waals surface area contributed by atoms with Crippen LogP contribution < -0.4 is 5.73 Å². The molecule has 1 aliphatic heterocycles. The monoisotopic (exact) mass is 296 g/mol. The van der Waals surface area contributed by atoms with Gasteiger partial charge in [0.15, 0.2) is 6.04 Å². The number of hydrogen-bond acceptors (Lipinski definition) is 4. The van der Waals surface area contributed by atoms with Crippen LogP contribution in [0.4, 0.5) is 0 Å². The molecule has 2 atom stereocenters. The molecule has 0 spiro atoms. The number of rotatable bonds is 4. The van der Waals surface area contributed by atoms with Gasteiger partial charge >= 0.3 is 5.97 Å². The standard InChI is InChI=1S/C14H20N2O3S/c1-8(2)7-10(15)13(17)16-5-3-11-9(4-6-20-11)12(16)14(18)19/h4,6,8,10,12H,3,5,7,15H2,1-2H3,(H,18,19)/t10-,12?/m0/s1. The molecule has 20 heavy (non-hydrogen) atoms. The number of carboxylic acids is 1. The summed E-state index contributed by atoms with van der Waals surface area (Å²) in [5.74, 6) is -0.948. The normalized spacial score (nSPS) is 19.8. The number of hydrogen-bond donors (Lipinski definition) is 2. The van der Waals surface area contributed by atoms with E-state index in [0.717, 1.165) is 10.4 Å². The summed E-state index contributed by atoms with van der Waals surface area (Å²) >= 11 is 1.55. The van der Waals surface area contributed by atoms with Crippen molar-refractivity contribution in [1.29, 1.82) is 0 Å². The van der Waals surface area contributed by atoms with E-state index < -0.39 is 18.1 Å². The summed E-state index contributed by atoms with van der Waals surface area (Å²) in [6.07, 6.45) is 1.27. The van der Waals surface area contributed by atoms with Crippen LogP contribution in [-0.4, -0.2) is 34.5 Å². The Morgan fingerprint density at radius 1 is 1.55 bits per heavy atom. The second-order valence-electron chi connectivity index (χ2n) is 5.56. The van der Waals surface area contributed by atoms with Gasteiger partial charge in [-0.1, -0.05) is 13.8 Å². The second kappa shape index (κ2) is 5.93. The van der Waals surface area contributed by atoms with Gasteiger partial charge in [0.1, 0.15) is 0 Å². The van der Waals surface area contributed by atoms with Gasteiger partial charge in [0.25, 0.3) is 0 Å². The third kappa shape index (κ3) is 2.86. The highest BCUT2D eigenvalue weighted by Crippen LogP contribution is 2.33.